The summed E-state index contributed by atoms with van der Waals surface area (Å²) >= 11 is 0. The Morgan fingerprint density at radius 3 is 2.44 bits per heavy atom. The first kappa shape index (κ1) is 22.8. The average molecular weight is 448 g/mol. The summed E-state index contributed by atoms with van der Waals surface area (Å²) in [4.78, 5) is 28.4. The number of hydrogen-bond acceptors (Lipinski definition) is 6. The normalized spacial score (nSPS) is 11.3. The maximum atomic E-state index is 12.7. The summed E-state index contributed by atoms with van der Waals surface area (Å²) in [7, 11) is 0. The standard InChI is InChI=1S/C21H19F3N4O4/c1-12(2)25-20(30)26-16-6-4-3-5-15(16)19(29)31-11-17-27-18(28-32-17)13-7-9-14(10-8-13)21(22,23)24/h3-10,12H,11H2,1-2H3,(H2,25,26,30). The molecule has 0 fully saturated rings. The molecule has 3 aromatic rings. The van der Waals surface area contributed by atoms with Crippen molar-refractivity contribution in [3.05, 3.63) is 65.5 Å². The Morgan fingerprint density at radius 1 is 1.09 bits per heavy atom. The topological polar surface area (TPSA) is 106 Å². The Bertz CT molecular complexity index is 1090. The van der Waals surface area contributed by atoms with E-state index in [1.165, 1.54) is 18.2 Å². The third-order valence-corrected chi connectivity index (χ3v) is 4.08. The summed E-state index contributed by atoms with van der Waals surface area (Å²) in [6.07, 6.45) is -4.45. The predicted octanol–water partition coefficient (Wildman–Crippen LogP) is 4.64. The highest BCUT2D eigenvalue weighted by Crippen LogP contribution is 2.30. The molecule has 168 valence electrons. The van der Waals surface area contributed by atoms with Gasteiger partial charge < -0.3 is 19.9 Å². The third kappa shape index (κ3) is 5.84. The van der Waals surface area contributed by atoms with Crippen LogP contribution in [0, 0.1) is 0 Å². The molecule has 1 heterocycles. The number of nitrogens with one attached hydrogen (secondary N) is 2. The maximum Gasteiger partial charge on any atom is 0.416 e. The Labute approximate surface area is 180 Å². The molecule has 1 aromatic heterocycles. The molecule has 0 unspecified atom stereocenters. The number of ether oxygens (including phenoxy) is 1. The molecule has 2 amide bonds. The van der Waals surface area contributed by atoms with Crippen molar-refractivity contribution in [2.75, 3.05) is 5.32 Å². The van der Waals surface area contributed by atoms with Crippen LogP contribution in [0.3, 0.4) is 0 Å². The Hall–Kier alpha value is -3.89. The van der Waals surface area contributed by atoms with Gasteiger partial charge in [0.15, 0.2) is 6.61 Å². The van der Waals surface area contributed by atoms with Crippen molar-refractivity contribution in [3.63, 3.8) is 0 Å². The fourth-order valence-electron chi connectivity index (χ4n) is 2.63. The number of alkyl halides is 3. The number of nitrogens with zero attached hydrogens (tertiary/aromatic N) is 2. The van der Waals surface area contributed by atoms with Crippen LogP contribution in [0.4, 0.5) is 23.7 Å². The van der Waals surface area contributed by atoms with Crippen molar-refractivity contribution in [2.24, 2.45) is 0 Å². The van der Waals surface area contributed by atoms with Gasteiger partial charge in [-0.15, -0.1) is 0 Å². The number of carbonyl (C=O) groups excluding carboxylic acids is 2. The van der Waals surface area contributed by atoms with Gasteiger partial charge in [-0.1, -0.05) is 29.4 Å². The van der Waals surface area contributed by atoms with Gasteiger partial charge in [0.25, 0.3) is 5.89 Å². The van der Waals surface area contributed by atoms with E-state index in [0.29, 0.717) is 5.56 Å². The zero-order valence-electron chi connectivity index (χ0n) is 17.1. The lowest BCUT2D eigenvalue weighted by molar-refractivity contribution is -0.137. The summed E-state index contributed by atoms with van der Waals surface area (Å²) in [6.45, 7) is 3.23. The Kier molecular flexibility index (Phi) is 6.76. The van der Waals surface area contributed by atoms with Gasteiger partial charge in [0.2, 0.25) is 5.82 Å². The van der Waals surface area contributed by atoms with E-state index in [2.05, 4.69) is 20.8 Å². The van der Waals surface area contributed by atoms with Crippen molar-refractivity contribution >= 4 is 17.7 Å². The highest BCUT2D eigenvalue weighted by molar-refractivity contribution is 6.00. The molecule has 11 heteroatoms. The third-order valence-electron chi connectivity index (χ3n) is 4.08. The number of anilines is 1. The van der Waals surface area contributed by atoms with E-state index < -0.39 is 23.7 Å². The average Bonchev–Trinajstić information content (AvgIpc) is 3.20. The zero-order chi connectivity index (χ0) is 23.3. The van der Waals surface area contributed by atoms with Gasteiger partial charge in [0, 0.05) is 11.6 Å². The van der Waals surface area contributed by atoms with Gasteiger partial charge in [-0.25, -0.2) is 9.59 Å². The van der Waals surface area contributed by atoms with E-state index >= 15 is 0 Å². The van der Waals surface area contributed by atoms with Crippen LogP contribution in [-0.2, 0) is 17.5 Å². The number of amides is 2. The number of benzene rings is 2. The lowest BCUT2D eigenvalue weighted by atomic mass is 10.1. The van der Waals surface area contributed by atoms with E-state index in [-0.39, 0.29) is 35.6 Å². The van der Waals surface area contributed by atoms with Crippen LogP contribution in [0.5, 0.6) is 0 Å². The molecule has 3 rings (SSSR count). The fraction of sp³-hybridized carbons (Fsp3) is 0.238. The van der Waals surface area contributed by atoms with Gasteiger partial charge in [-0.2, -0.15) is 18.2 Å². The van der Waals surface area contributed by atoms with E-state index in [9.17, 15) is 22.8 Å². The molecule has 0 saturated carbocycles. The molecule has 32 heavy (non-hydrogen) atoms. The molecule has 2 aromatic carbocycles. The smallest absolute Gasteiger partial charge is 0.416 e. The van der Waals surface area contributed by atoms with Crippen molar-refractivity contribution in [1.82, 2.24) is 15.5 Å². The second-order valence-electron chi connectivity index (χ2n) is 6.96. The van der Waals surface area contributed by atoms with Crippen molar-refractivity contribution in [1.29, 1.82) is 0 Å². The zero-order valence-corrected chi connectivity index (χ0v) is 17.1. The van der Waals surface area contributed by atoms with Crippen molar-refractivity contribution < 1.29 is 32.0 Å². The molecule has 0 radical (unpaired) electrons. The summed E-state index contributed by atoms with van der Waals surface area (Å²) < 4.78 is 48.2. The number of esters is 1. The number of para-hydroxylation sites is 1. The van der Waals surface area contributed by atoms with Crippen molar-refractivity contribution in [2.45, 2.75) is 32.7 Å². The molecule has 0 aliphatic carbocycles. The van der Waals surface area contributed by atoms with Crippen LogP contribution in [0.2, 0.25) is 0 Å². The van der Waals surface area contributed by atoms with Gasteiger partial charge in [0.05, 0.1) is 16.8 Å². The molecule has 0 atom stereocenters. The number of urea groups is 1. The first-order valence-corrected chi connectivity index (χ1v) is 9.47. The highest BCUT2D eigenvalue weighted by Gasteiger charge is 2.30. The summed E-state index contributed by atoms with van der Waals surface area (Å²) in [5.41, 5.74) is -0.112. The molecular weight excluding hydrogens is 429 g/mol. The highest BCUT2D eigenvalue weighted by atomic mass is 19.4. The van der Waals surface area contributed by atoms with E-state index in [1.54, 1.807) is 32.0 Å². The molecule has 0 bridgehead atoms. The molecule has 2 N–H and O–H groups in total. The lowest BCUT2D eigenvalue weighted by Gasteiger charge is -2.12. The molecule has 0 aliphatic heterocycles. The van der Waals surface area contributed by atoms with E-state index in [1.807, 2.05) is 0 Å². The van der Waals surface area contributed by atoms with Gasteiger partial charge >= 0.3 is 18.2 Å². The monoisotopic (exact) mass is 448 g/mol. The molecule has 0 aliphatic rings. The second kappa shape index (κ2) is 9.50. The molecule has 0 saturated heterocycles. The fourth-order valence-corrected chi connectivity index (χ4v) is 2.63. The van der Waals surface area contributed by atoms with Crippen LogP contribution < -0.4 is 10.6 Å². The minimum Gasteiger partial charge on any atom is -0.452 e. The predicted molar refractivity (Wildman–Crippen MR) is 108 cm³/mol. The van der Waals surface area contributed by atoms with Crippen LogP contribution in [0.15, 0.2) is 53.1 Å². The number of halogens is 3. The van der Waals surface area contributed by atoms with Crippen LogP contribution in [0.25, 0.3) is 11.4 Å². The first-order valence-electron chi connectivity index (χ1n) is 9.47. The number of aromatic nitrogens is 2. The van der Waals surface area contributed by atoms with Crippen LogP contribution in [-0.4, -0.2) is 28.2 Å². The minimum absolute atomic E-state index is 0.0451. The summed E-state index contributed by atoms with van der Waals surface area (Å²) in [5.74, 6) is -0.729. The van der Waals surface area contributed by atoms with Gasteiger partial charge in [-0.05, 0) is 38.1 Å². The Morgan fingerprint density at radius 2 is 1.78 bits per heavy atom. The second-order valence-corrected chi connectivity index (χ2v) is 6.96. The largest absolute Gasteiger partial charge is 0.452 e. The molecule has 0 spiro atoms. The number of hydrogen-bond donors (Lipinski definition) is 2. The SMILES string of the molecule is CC(C)NC(=O)Nc1ccccc1C(=O)OCc1nc(-c2ccc(C(F)(F)F)cc2)no1. The first-order chi connectivity index (χ1) is 15.1. The minimum atomic E-state index is -4.45. The molecular formula is C21H19F3N4O4. The van der Waals surface area contributed by atoms with Gasteiger partial charge in [-0.3, -0.25) is 0 Å². The summed E-state index contributed by atoms with van der Waals surface area (Å²) in [6, 6.07) is 9.97. The van der Waals surface area contributed by atoms with Crippen LogP contribution in [0.1, 0.15) is 35.7 Å². The summed E-state index contributed by atoms with van der Waals surface area (Å²) in [5, 5.41) is 8.92. The quantitative estimate of drug-likeness (QED) is 0.532. The van der Waals surface area contributed by atoms with E-state index in [4.69, 9.17) is 9.26 Å². The van der Waals surface area contributed by atoms with Crippen molar-refractivity contribution in [3.8, 4) is 11.4 Å². The number of carbonyl (C=O) groups is 2. The lowest BCUT2D eigenvalue weighted by Crippen LogP contribution is -2.34. The number of rotatable bonds is 6. The van der Waals surface area contributed by atoms with Gasteiger partial charge in [0.1, 0.15) is 0 Å². The molecule has 8 nitrogen and oxygen atoms in total. The van der Waals surface area contributed by atoms with Crippen LogP contribution >= 0.6 is 0 Å². The van der Waals surface area contributed by atoms with E-state index in [0.717, 1.165) is 12.1 Å². The maximum absolute atomic E-state index is 12.7. The Balaban J connectivity index is 1.64.